The van der Waals surface area contributed by atoms with Crippen molar-refractivity contribution >= 4 is 11.9 Å². The first-order chi connectivity index (χ1) is 12.2. The van der Waals surface area contributed by atoms with Gasteiger partial charge in [-0.2, -0.15) is 5.10 Å². The van der Waals surface area contributed by atoms with Crippen LogP contribution in [-0.4, -0.2) is 53.4 Å². The maximum absolute atomic E-state index is 12.3. The molecule has 7 heteroatoms. The Morgan fingerprint density at radius 3 is 2.52 bits per heavy atom. The molecule has 2 heterocycles. The SMILES string of the molecule is COc1cn(-c2ccccc2)nc1C(=O)OCC(=O)N1CCCCC1. The molecule has 0 atom stereocenters. The second-order valence-electron chi connectivity index (χ2n) is 5.84. The number of likely N-dealkylation sites (tertiary alicyclic amines) is 1. The normalized spacial score (nSPS) is 14.2. The van der Waals surface area contributed by atoms with Gasteiger partial charge in [-0.15, -0.1) is 0 Å². The molecule has 0 saturated carbocycles. The summed E-state index contributed by atoms with van der Waals surface area (Å²) in [5.41, 5.74) is 0.849. The highest BCUT2D eigenvalue weighted by Crippen LogP contribution is 2.20. The minimum Gasteiger partial charge on any atom is -0.493 e. The van der Waals surface area contributed by atoms with Gasteiger partial charge in [0.15, 0.2) is 12.4 Å². The van der Waals surface area contributed by atoms with Crippen LogP contribution in [0.2, 0.25) is 0 Å². The van der Waals surface area contributed by atoms with Crippen LogP contribution in [-0.2, 0) is 9.53 Å². The van der Waals surface area contributed by atoms with Crippen molar-refractivity contribution in [2.75, 3.05) is 26.8 Å². The number of methoxy groups -OCH3 is 1. The highest BCUT2D eigenvalue weighted by Gasteiger charge is 2.23. The molecule has 25 heavy (non-hydrogen) atoms. The van der Waals surface area contributed by atoms with Gasteiger partial charge in [-0.3, -0.25) is 4.79 Å². The summed E-state index contributed by atoms with van der Waals surface area (Å²) in [5, 5.41) is 4.23. The molecular formula is C18H21N3O4. The maximum atomic E-state index is 12.3. The van der Waals surface area contributed by atoms with Crippen LogP contribution in [0.25, 0.3) is 5.69 Å². The standard InChI is InChI=1S/C18H21N3O4/c1-24-15-12-21(14-8-4-2-5-9-14)19-17(15)18(23)25-13-16(22)20-10-6-3-7-11-20/h2,4-5,8-9,12H,3,6-7,10-11,13H2,1H3. The lowest BCUT2D eigenvalue weighted by Crippen LogP contribution is -2.38. The van der Waals surface area contributed by atoms with Gasteiger partial charge in [-0.1, -0.05) is 18.2 Å². The van der Waals surface area contributed by atoms with Crippen LogP contribution in [0.4, 0.5) is 0 Å². The molecule has 0 radical (unpaired) electrons. The van der Waals surface area contributed by atoms with E-state index in [2.05, 4.69) is 5.10 Å². The average molecular weight is 343 g/mol. The van der Waals surface area contributed by atoms with Gasteiger partial charge in [0, 0.05) is 13.1 Å². The molecule has 0 unspecified atom stereocenters. The fraction of sp³-hybridized carbons (Fsp3) is 0.389. The molecule has 3 rings (SSSR count). The van der Waals surface area contributed by atoms with Crippen LogP contribution in [0, 0.1) is 0 Å². The Bertz CT molecular complexity index is 736. The first-order valence-corrected chi connectivity index (χ1v) is 8.33. The number of benzene rings is 1. The second-order valence-corrected chi connectivity index (χ2v) is 5.84. The third kappa shape index (κ3) is 3.99. The number of hydrogen-bond donors (Lipinski definition) is 0. The Morgan fingerprint density at radius 1 is 1.12 bits per heavy atom. The van der Waals surface area contributed by atoms with Crippen molar-refractivity contribution in [2.24, 2.45) is 0 Å². The molecule has 1 saturated heterocycles. The largest absolute Gasteiger partial charge is 0.493 e. The van der Waals surface area contributed by atoms with E-state index >= 15 is 0 Å². The molecular weight excluding hydrogens is 322 g/mol. The number of aromatic nitrogens is 2. The lowest BCUT2D eigenvalue weighted by atomic mass is 10.1. The molecule has 1 amide bonds. The number of esters is 1. The van der Waals surface area contributed by atoms with E-state index in [-0.39, 0.29) is 18.2 Å². The predicted molar refractivity (Wildman–Crippen MR) is 90.8 cm³/mol. The summed E-state index contributed by atoms with van der Waals surface area (Å²) in [4.78, 5) is 26.1. The number of nitrogens with zero attached hydrogens (tertiary/aromatic N) is 3. The number of ether oxygens (including phenoxy) is 2. The van der Waals surface area contributed by atoms with Crippen molar-refractivity contribution in [1.29, 1.82) is 0 Å². The van der Waals surface area contributed by atoms with E-state index in [4.69, 9.17) is 9.47 Å². The summed E-state index contributed by atoms with van der Waals surface area (Å²) in [5.74, 6) is -0.536. The summed E-state index contributed by atoms with van der Waals surface area (Å²) in [6.45, 7) is 1.17. The van der Waals surface area contributed by atoms with E-state index in [0.717, 1.165) is 38.0 Å². The first-order valence-electron chi connectivity index (χ1n) is 8.33. The molecule has 1 aliphatic rings. The number of carbonyl (C=O) groups excluding carboxylic acids is 2. The monoisotopic (exact) mass is 343 g/mol. The lowest BCUT2D eigenvalue weighted by molar-refractivity contribution is -0.135. The number of hydrogen-bond acceptors (Lipinski definition) is 5. The molecule has 1 aromatic carbocycles. The second kappa shape index (κ2) is 7.83. The van der Waals surface area contributed by atoms with Crippen LogP contribution < -0.4 is 4.74 Å². The van der Waals surface area contributed by atoms with Gasteiger partial charge in [-0.05, 0) is 31.4 Å². The Morgan fingerprint density at radius 2 is 1.84 bits per heavy atom. The van der Waals surface area contributed by atoms with E-state index < -0.39 is 5.97 Å². The topological polar surface area (TPSA) is 73.7 Å². The highest BCUT2D eigenvalue weighted by molar-refractivity contribution is 5.92. The molecule has 0 bridgehead atoms. The van der Waals surface area contributed by atoms with E-state index in [0.29, 0.717) is 5.75 Å². The van der Waals surface area contributed by atoms with E-state index in [1.54, 1.807) is 15.8 Å². The summed E-state index contributed by atoms with van der Waals surface area (Å²) in [6, 6.07) is 9.37. The Balaban J connectivity index is 1.67. The van der Waals surface area contributed by atoms with Crippen LogP contribution in [0.5, 0.6) is 5.75 Å². The molecule has 2 aromatic rings. The van der Waals surface area contributed by atoms with Crippen LogP contribution in [0.15, 0.2) is 36.5 Å². The van der Waals surface area contributed by atoms with Gasteiger partial charge in [0.05, 0.1) is 19.0 Å². The molecule has 1 fully saturated rings. The van der Waals surface area contributed by atoms with Gasteiger partial charge >= 0.3 is 5.97 Å². The van der Waals surface area contributed by atoms with E-state index in [9.17, 15) is 9.59 Å². The molecule has 1 aromatic heterocycles. The van der Waals surface area contributed by atoms with Gasteiger partial charge in [-0.25, -0.2) is 9.48 Å². The van der Waals surface area contributed by atoms with Gasteiger partial charge in [0.1, 0.15) is 0 Å². The molecule has 7 nitrogen and oxygen atoms in total. The zero-order valence-electron chi connectivity index (χ0n) is 14.2. The molecule has 0 aliphatic carbocycles. The summed E-state index contributed by atoms with van der Waals surface area (Å²) >= 11 is 0. The van der Waals surface area contributed by atoms with E-state index in [1.165, 1.54) is 7.11 Å². The predicted octanol–water partition coefficient (Wildman–Crippen LogP) is 2.05. The zero-order chi connectivity index (χ0) is 17.6. The average Bonchev–Trinajstić information content (AvgIpc) is 3.12. The van der Waals surface area contributed by atoms with Gasteiger partial charge in [0.2, 0.25) is 5.69 Å². The minimum absolute atomic E-state index is 0.0535. The van der Waals surface area contributed by atoms with Crippen molar-refractivity contribution in [2.45, 2.75) is 19.3 Å². The fourth-order valence-electron chi connectivity index (χ4n) is 2.79. The molecule has 132 valence electrons. The van der Waals surface area contributed by atoms with Crippen molar-refractivity contribution in [3.05, 3.63) is 42.2 Å². The Labute approximate surface area is 146 Å². The fourth-order valence-corrected chi connectivity index (χ4v) is 2.79. The van der Waals surface area contributed by atoms with E-state index in [1.807, 2.05) is 30.3 Å². The zero-order valence-corrected chi connectivity index (χ0v) is 14.2. The maximum Gasteiger partial charge on any atom is 0.363 e. The lowest BCUT2D eigenvalue weighted by Gasteiger charge is -2.26. The number of para-hydroxylation sites is 1. The number of carbonyl (C=O) groups is 2. The highest BCUT2D eigenvalue weighted by atomic mass is 16.5. The smallest absolute Gasteiger partial charge is 0.363 e. The third-order valence-corrected chi connectivity index (χ3v) is 4.15. The van der Waals surface area contributed by atoms with Crippen LogP contribution in [0.3, 0.4) is 0 Å². The quantitative estimate of drug-likeness (QED) is 0.777. The number of rotatable bonds is 5. The Kier molecular flexibility index (Phi) is 5.33. The van der Waals surface area contributed by atoms with Crippen molar-refractivity contribution in [3.63, 3.8) is 0 Å². The number of amides is 1. The van der Waals surface area contributed by atoms with Gasteiger partial charge in [0.25, 0.3) is 5.91 Å². The Hall–Kier alpha value is -2.83. The third-order valence-electron chi connectivity index (χ3n) is 4.15. The van der Waals surface area contributed by atoms with Crippen molar-refractivity contribution in [1.82, 2.24) is 14.7 Å². The van der Waals surface area contributed by atoms with Crippen molar-refractivity contribution < 1.29 is 19.1 Å². The van der Waals surface area contributed by atoms with Crippen LogP contribution >= 0.6 is 0 Å². The minimum atomic E-state index is -0.670. The number of piperidine rings is 1. The van der Waals surface area contributed by atoms with Crippen molar-refractivity contribution in [3.8, 4) is 11.4 Å². The summed E-state index contributed by atoms with van der Waals surface area (Å²) in [7, 11) is 1.46. The summed E-state index contributed by atoms with van der Waals surface area (Å²) in [6.07, 6.45) is 4.74. The molecule has 0 spiro atoms. The summed E-state index contributed by atoms with van der Waals surface area (Å²) < 4.78 is 11.9. The molecule has 1 aliphatic heterocycles. The van der Waals surface area contributed by atoms with Crippen LogP contribution in [0.1, 0.15) is 29.8 Å². The van der Waals surface area contributed by atoms with Gasteiger partial charge < -0.3 is 14.4 Å². The first kappa shape index (κ1) is 17.0. The molecule has 0 N–H and O–H groups in total.